The lowest BCUT2D eigenvalue weighted by Gasteiger charge is -2.22. The predicted octanol–water partition coefficient (Wildman–Crippen LogP) is 12.2. The molecule has 6 heteroatoms. The van der Waals surface area contributed by atoms with Gasteiger partial charge in [0.1, 0.15) is 14.3 Å². The van der Waals surface area contributed by atoms with E-state index in [1.807, 2.05) is 38.1 Å². The van der Waals surface area contributed by atoms with Crippen molar-refractivity contribution in [3.05, 3.63) is 176 Å². The number of benzene rings is 6. The van der Waals surface area contributed by atoms with Crippen LogP contribution in [0.4, 0.5) is 11.4 Å². The van der Waals surface area contributed by atoms with Gasteiger partial charge < -0.3 is 9.13 Å². The highest BCUT2D eigenvalue weighted by Gasteiger charge is 2.30. The molecule has 0 aliphatic rings. The van der Waals surface area contributed by atoms with E-state index in [2.05, 4.69) is 140 Å². The van der Waals surface area contributed by atoms with E-state index in [0.717, 1.165) is 99.4 Å². The quantitative estimate of drug-likeness (QED) is 0.103. The van der Waals surface area contributed by atoms with E-state index in [1.54, 1.807) is 0 Å². The number of hydrogen-bond acceptors (Lipinski definition) is 4. The molecule has 0 unspecified atom stereocenters. The van der Waals surface area contributed by atoms with Gasteiger partial charge in [0.25, 0.3) is 0 Å². The molecule has 6 rings (SSSR count). The number of nitrogens with zero attached hydrogens (tertiary/aromatic N) is 2. The Kier molecular flexibility index (Phi) is 11.3. The molecular formula is C48H52N2O2P2. The van der Waals surface area contributed by atoms with E-state index < -0.39 is 14.3 Å². The van der Waals surface area contributed by atoms with Crippen LogP contribution in [0.15, 0.2) is 119 Å². The molecule has 54 heavy (non-hydrogen) atoms. The summed E-state index contributed by atoms with van der Waals surface area (Å²) in [5, 5.41) is 13.1. The summed E-state index contributed by atoms with van der Waals surface area (Å²) in [5.74, 6) is 0. The van der Waals surface area contributed by atoms with Gasteiger partial charge in [0.15, 0.2) is 0 Å². The van der Waals surface area contributed by atoms with Gasteiger partial charge in [-0.05, 0) is 152 Å². The van der Waals surface area contributed by atoms with Gasteiger partial charge in [-0.15, -0.1) is 0 Å². The molecule has 4 nitrogen and oxygen atoms in total. The van der Waals surface area contributed by atoms with Crippen LogP contribution < -0.4 is 21.2 Å². The van der Waals surface area contributed by atoms with Gasteiger partial charge in [-0.2, -0.15) is 10.2 Å². The van der Waals surface area contributed by atoms with E-state index in [1.165, 1.54) is 0 Å². The van der Waals surface area contributed by atoms with Gasteiger partial charge >= 0.3 is 0 Å². The molecule has 0 saturated heterocycles. The molecule has 0 amide bonds. The topological polar surface area (TPSA) is 58.9 Å². The fourth-order valence-corrected chi connectivity index (χ4v) is 13.7. The molecule has 0 fully saturated rings. The molecule has 0 saturated carbocycles. The maximum Gasteiger partial charge on any atom is 0.147 e. The van der Waals surface area contributed by atoms with Crippen molar-refractivity contribution < 1.29 is 9.13 Å². The van der Waals surface area contributed by atoms with Crippen molar-refractivity contribution >= 4 is 46.9 Å². The minimum absolute atomic E-state index is 0.377. The Morgan fingerprint density at radius 2 is 0.593 bits per heavy atom. The monoisotopic (exact) mass is 750 g/mol. The SMILES string of the molecule is Cc1cc(C)cc(P(=O)(Cc2ccc(C)c(N=Nc3cc(CP(=O)(c4cc(C)cc(C)c4)c4cc(C)cc(C)c4)ccc3C)c2)c2cc(C)cc(C)c2)c1. The Hall–Kier alpha value is -4.62. The second kappa shape index (κ2) is 15.6. The summed E-state index contributed by atoms with van der Waals surface area (Å²) in [7, 11) is -6.13. The molecule has 0 radical (unpaired) electrons. The maximum atomic E-state index is 15.4. The Morgan fingerprint density at radius 1 is 0.352 bits per heavy atom. The van der Waals surface area contributed by atoms with Crippen molar-refractivity contribution in [1.29, 1.82) is 0 Å². The van der Waals surface area contributed by atoms with E-state index in [4.69, 9.17) is 10.2 Å². The maximum absolute atomic E-state index is 15.4. The van der Waals surface area contributed by atoms with Crippen molar-refractivity contribution in [2.24, 2.45) is 10.2 Å². The highest BCUT2D eigenvalue weighted by Crippen LogP contribution is 2.49. The van der Waals surface area contributed by atoms with Gasteiger partial charge in [0, 0.05) is 33.5 Å². The zero-order valence-electron chi connectivity index (χ0n) is 33.4. The Morgan fingerprint density at radius 3 is 0.833 bits per heavy atom. The summed E-state index contributed by atoms with van der Waals surface area (Å²) >= 11 is 0. The van der Waals surface area contributed by atoms with Crippen molar-refractivity contribution in [2.45, 2.75) is 81.6 Å². The molecule has 6 aromatic carbocycles. The van der Waals surface area contributed by atoms with Gasteiger partial charge in [-0.25, -0.2) is 0 Å². The molecule has 0 N–H and O–H groups in total. The van der Waals surface area contributed by atoms with Crippen molar-refractivity contribution in [2.75, 3.05) is 0 Å². The van der Waals surface area contributed by atoms with Gasteiger partial charge in [0.2, 0.25) is 0 Å². The lowest BCUT2D eigenvalue weighted by atomic mass is 10.1. The van der Waals surface area contributed by atoms with E-state index in [-0.39, 0.29) is 0 Å². The average Bonchev–Trinajstić information content (AvgIpc) is 3.08. The molecule has 0 heterocycles. The summed E-state index contributed by atoms with van der Waals surface area (Å²) in [6.45, 7) is 20.6. The normalized spacial score (nSPS) is 12.1. The van der Waals surface area contributed by atoms with Crippen molar-refractivity contribution in [1.82, 2.24) is 0 Å². The largest absolute Gasteiger partial charge is 0.313 e. The van der Waals surface area contributed by atoms with E-state index in [0.29, 0.717) is 12.3 Å². The second-order valence-corrected chi connectivity index (χ2v) is 21.3. The third-order valence-corrected chi connectivity index (χ3v) is 16.1. The fraction of sp³-hybridized carbons (Fsp3) is 0.250. The number of azo groups is 1. The van der Waals surface area contributed by atoms with Gasteiger partial charge in [-0.1, -0.05) is 93.0 Å². The summed E-state index contributed by atoms with van der Waals surface area (Å²) < 4.78 is 30.7. The molecule has 6 aromatic rings. The summed E-state index contributed by atoms with van der Waals surface area (Å²) in [5.41, 5.74) is 14.2. The van der Waals surface area contributed by atoms with Gasteiger partial charge in [-0.3, -0.25) is 0 Å². The molecule has 276 valence electrons. The van der Waals surface area contributed by atoms with Crippen LogP contribution in [0.2, 0.25) is 0 Å². The zero-order valence-corrected chi connectivity index (χ0v) is 35.2. The first-order chi connectivity index (χ1) is 25.5. The standard InChI is InChI=1S/C48H52N2O2P2/c1-31-15-32(2)20-43(19-31)53(51,44-21-33(3)16-34(4)22-44)29-41-13-11-39(9)47(27-41)49-50-48-28-42(14-12-40(48)10)30-54(52,45-23-35(5)17-36(6)24-45)46-25-37(7)18-38(8)26-46/h11-28H,29-30H2,1-10H3. The third kappa shape index (κ3) is 8.68. The number of aryl methyl sites for hydroxylation is 10. The first kappa shape index (κ1) is 39.1. The molecule has 0 aliphatic carbocycles. The van der Waals surface area contributed by atoms with Crippen molar-refractivity contribution in [3.8, 4) is 0 Å². The third-order valence-electron chi connectivity index (χ3n) is 10.1. The molecular weight excluding hydrogens is 698 g/mol. The Labute approximate surface area is 322 Å². The first-order valence-corrected chi connectivity index (χ1v) is 22.4. The molecule has 0 spiro atoms. The molecule has 0 bridgehead atoms. The average molecular weight is 751 g/mol. The highest BCUT2D eigenvalue weighted by molar-refractivity contribution is 7.78. The minimum Gasteiger partial charge on any atom is -0.313 e. The van der Waals surface area contributed by atoms with Crippen molar-refractivity contribution in [3.63, 3.8) is 0 Å². The summed E-state index contributed by atoms with van der Waals surface area (Å²) in [6, 6.07) is 37.4. The van der Waals surface area contributed by atoms with Crippen LogP contribution in [-0.4, -0.2) is 0 Å². The smallest absolute Gasteiger partial charge is 0.147 e. The van der Waals surface area contributed by atoms with Crippen LogP contribution in [0.5, 0.6) is 0 Å². The molecule has 0 aliphatic heterocycles. The number of rotatable bonds is 10. The Bertz CT molecular complexity index is 2160. The zero-order chi connectivity index (χ0) is 38.9. The van der Waals surface area contributed by atoms with Crippen LogP contribution >= 0.6 is 14.3 Å². The summed E-state index contributed by atoms with van der Waals surface area (Å²) in [6.07, 6.45) is 0.754. The van der Waals surface area contributed by atoms with Crippen LogP contribution in [0.1, 0.15) is 66.8 Å². The predicted molar refractivity (Wildman–Crippen MR) is 231 cm³/mol. The fourth-order valence-electron chi connectivity index (χ4n) is 7.64. The van der Waals surface area contributed by atoms with Crippen LogP contribution in [0.25, 0.3) is 0 Å². The van der Waals surface area contributed by atoms with E-state index >= 15 is 9.13 Å². The highest BCUT2D eigenvalue weighted by atomic mass is 31.2. The number of hydrogen-bond donors (Lipinski definition) is 0. The molecule has 0 atom stereocenters. The lowest BCUT2D eigenvalue weighted by molar-refractivity contribution is 0.585. The summed E-state index contributed by atoms with van der Waals surface area (Å²) in [4.78, 5) is 0. The molecule has 0 aromatic heterocycles. The first-order valence-electron chi connectivity index (χ1n) is 18.7. The lowest BCUT2D eigenvalue weighted by Crippen LogP contribution is -2.19. The Balaban J connectivity index is 1.36. The van der Waals surface area contributed by atoms with Gasteiger partial charge in [0.05, 0.1) is 11.4 Å². The van der Waals surface area contributed by atoms with Crippen LogP contribution in [-0.2, 0) is 21.5 Å². The van der Waals surface area contributed by atoms with E-state index in [9.17, 15) is 0 Å². The minimum atomic E-state index is -3.06. The van der Waals surface area contributed by atoms with Crippen LogP contribution in [0, 0.1) is 69.2 Å². The van der Waals surface area contributed by atoms with Crippen LogP contribution in [0.3, 0.4) is 0 Å². The second-order valence-electron chi connectivity index (χ2n) is 15.6.